The third-order valence-corrected chi connectivity index (χ3v) is 9.52. The lowest BCUT2D eigenvalue weighted by atomic mass is 9.93. The first-order valence-corrected chi connectivity index (χ1v) is 16.4. The monoisotopic (exact) mass is 625 g/mol. The van der Waals surface area contributed by atoms with Crippen LogP contribution in [0.2, 0.25) is 0 Å². The molecule has 2 heterocycles. The minimum absolute atomic E-state index is 0.590. The molecule has 0 fully saturated rings. The van der Waals surface area contributed by atoms with Crippen LogP contribution in [0.3, 0.4) is 0 Å². The van der Waals surface area contributed by atoms with Gasteiger partial charge in [0.25, 0.3) is 0 Å². The lowest BCUT2D eigenvalue weighted by molar-refractivity contribution is 0.669. The highest BCUT2D eigenvalue weighted by Crippen LogP contribution is 2.40. The van der Waals surface area contributed by atoms with Gasteiger partial charge in [0.1, 0.15) is 11.2 Å². The quantitative estimate of drug-likeness (QED) is 0.144. The summed E-state index contributed by atoms with van der Waals surface area (Å²) < 4.78 is 6.31. The summed E-state index contributed by atoms with van der Waals surface area (Å²) in [4.78, 5) is 15.8. The summed E-state index contributed by atoms with van der Waals surface area (Å²) in [6, 6.07) is 56.9. The smallest absolute Gasteiger partial charge is 0.165 e. The Morgan fingerprint density at radius 2 is 0.959 bits per heavy atom. The molecule has 10 rings (SSSR count). The van der Waals surface area contributed by atoms with Gasteiger partial charge in [-0.05, 0) is 67.7 Å². The van der Waals surface area contributed by atoms with Crippen LogP contribution in [0.5, 0.6) is 0 Å². The summed E-state index contributed by atoms with van der Waals surface area (Å²) in [5.74, 6) is 1.84. The molecular weight excluding hydrogens is 599 g/mol. The lowest BCUT2D eigenvalue weighted by Gasteiger charge is -2.15. The second kappa shape index (κ2) is 11.0. The summed E-state index contributed by atoms with van der Waals surface area (Å²) in [6.45, 7) is 0. The van der Waals surface area contributed by atoms with E-state index in [-0.39, 0.29) is 0 Å². The summed E-state index contributed by atoms with van der Waals surface area (Å²) in [6.07, 6.45) is 0. The number of rotatable bonds is 4. The molecule has 0 saturated carbocycles. The highest BCUT2D eigenvalue weighted by Gasteiger charge is 2.20. The van der Waals surface area contributed by atoms with E-state index in [1.807, 2.05) is 30.3 Å². The van der Waals surface area contributed by atoms with E-state index in [9.17, 15) is 0 Å². The molecule has 0 aliphatic heterocycles. The first-order chi connectivity index (χ1) is 24.3. The Kier molecular flexibility index (Phi) is 6.15. The number of furan rings is 1. The second-order valence-corrected chi connectivity index (χ2v) is 12.4. The Morgan fingerprint density at radius 3 is 1.84 bits per heavy atom. The molecule has 4 nitrogen and oxygen atoms in total. The molecule has 0 N–H and O–H groups in total. The number of fused-ring (bicyclic) bond motifs is 7. The molecule has 0 unspecified atom stereocenters. The molecule has 49 heavy (non-hydrogen) atoms. The Hall–Kier alpha value is -6.65. The second-order valence-electron chi connectivity index (χ2n) is 12.4. The van der Waals surface area contributed by atoms with Crippen LogP contribution in [0.15, 0.2) is 168 Å². The fourth-order valence-corrected chi connectivity index (χ4v) is 7.21. The average Bonchev–Trinajstić information content (AvgIpc) is 3.55. The van der Waals surface area contributed by atoms with Gasteiger partial charge >= 0.3 is 0 Å². The van der Waals surface area contributed by atoms with Crippen molar-refractivity contribution in [3.63, 3.8) is 0 Å². The number of para-hydroxylation sites is 1. The van der Waals surface area contributed by atoms with Crippen molar-refractivity contribution < 1.29 is 4.42 Å². The van der Waals surface area contributed by atoms with Crippen LogP contribution in [-0.4, -0.2) is 15.0 Å². The number of benzene rings is 8. The van der Waals surface area contributed by atoms with Gasteiger partial charge in [0, 0.05) is 27.5 Å². The minimum Gasteiger partial charge on any atom is -0.456 e. The Morgan fingerprint density at radius 1 is 0.327 bits per heavy atom. The van der Waals surface area contributed by atoms with Crippen molar-refractivity contribution in [1.29, 1.82) is 0 Å². The highest BCUT2D eigenvalue weighted by molar-refractivity contribution is 6.19. The highest BCUT2D eigenvalue weighted by atomic mass is 16.3. The summed E-state index contributed by atoms with van der Waals surface area (Å²) in [7, 11) is 0. The van der Waals surface area contributed by atoms with Crippen molar-refractivity contribution in [2.24, 2.45) is 0 Å². The van der Waals surface area contributed by atoms with Crippen LogP contribution in [-0.2, 0) is 0 Å². The first kappa shape index (κ1) is 27.5. The summed E-state index contributed by atoms with van der Waals surface area (Å²) in [5, 5.41) is 9.06. The number of nitrogens with zero attached hydrogens (tertiary/aromatic N) is 3. The maximum atomic E-state index is 6.31. The minimum atomic E-state index is 0.590. The normalized spacial score (nSPS) is 11.7. The van der Waals surface area contributed by atoms with E-state index in [0.29, 0.717) is 17.5 Å². The molecule has 0 amide bonds. The molecule has 2 aromatic heterocycles. The van der Waals surface area contributed by atoms with Crippen molar-refractivity contribution >= 4 is 54.3 Å². The van der Waals surface area contributed by atoms with Crippen LogP contribution in [0.1, 0.15) is 0 Å². The fourth-order valence-electron chi connectivity index (χ4n) is 7.21. The van der Waals surface area contributed by atoms with Crippen LogP contribution in [0.25, 0.3) is 99.5 Å². The zero-order valence-corrected chi connectivity index (χ0v) is 26.3. The third-order valence-electron chi connectivity index (χ3n) is 9.52. The summed E-state index contributed by atoms with van der Waals surface area (Å²) in [5.41, 5.74) is 6.62. The first-order valence-electron chi connectivity index (χ1n) is 16.4. The topological polar surface area (TPSA) is 51.8 Å². The number of hydrogen-bond donors (Lipinski definition) is 0. The molecule has 10 aromatic rings. The van der Waals surface area contributed by atoms with Gasteiger partial charge in [-0.2, -0.15) is 0 Å². The van der Waals surface area contributed by atoms with Gasteiger partial charge in [-0.3, -0.25) is 0 Å². The molecule has 0 aliphatic carbocycles. The molecule has 8 aromatic carbocycles. The van der Waals surface area contributed by atoms with Gasteiger partial charge < -0.3 is 4.42 Å². The maximum absolute atomic E-state index is 6.31. The maximum Gasteiger partial charge on any atom is 0.165 e. The van der Waals surface area contributed by atoms with Crippen LogP contribution in [0.4, 0.5) is 0 Å². The Labute approximate surface area is 282 Å². The van der Waals surface area contributed by atoms with Crippen LogP contribution < -0.4 is 0 Å². The van der Waals surface area contributed by atoms with E-state index < -0.39 is 0 Å². The fraction of sp³-hybridized carbons (Fsp3) is 0. The SMILES string of the molecule is c1ccc(-c2ccccc2-c2nc(-c3ccc4c(c3)oc3ccccc34)nc(-c3c4ccccc4cc4c3ccc3ccccc34)n2)cc1. The molecular formula is C45H27N3O. The molecule has 0 radical (unpaired) electrons. The molecule has 0 bridgehead atoms. The van der Waals surface area contributed by atoms with Crippen molar-refractivity contribution in [3.05, 3.63) is 164 Å². The van der Waals surface area contributed by atoms with Crippen molar-refractivity contribution in [2.75, 3.05) is 0 Å². The number of hydrogen-bond acceptors (Lipinski definition) is 4. The van der Waals surface area contributed by atoms with Crippen LogP contribution >= 0.6 is 0 Å². The van der Waals surface area contributed by atoms with Crippen molar-refractivity contribution in [2.45, 2.75) is 0 Å². The zero-order chi connectivity index (χ0) is 32.3. The molecule has 0 atom stereocenters. The van der Waals surface area contributed by atoms with Crippen LogP contribution in [0, 0.1) is 0 Å². The van der Waals surface area contributed by atoms with E-state index in [2.05, 4.69) is 133 Å². The average molecular weight is 626 g/mol. The molecule has 0 spiro atoms. The summed E-state index contributed by atoms with van der Waals surface area (Å²) >= 11 is 0. The molecule has 0 saturated heterocycles. The van der Waals surface area contributed by atoms with E-state index in [1.54, 1.807) is 0 Å². The zero-order valence-electron chi connectivity index (χ0n) is 26.3. The van der Waals surface area contributed by atoms with E-state index in [4.69, 9.17) is 19.4 Å². The predicted molar refractivity (Wildman–Crippen MR) is 201 cm³/mol. The van der Waals surface area contributed by atoms with Gasteiger partial charge in [-0.15, -0.1) is 0 Å². The largest absolute Gasteiger partial charge is 0.456 e. The van der Waals surface area contributed by atoms with E-state index >= 15 is 0 Å². The Bertz CT molecular complexity index is 2890. The number of aromatic nitrogens is 3. The van der Waals surface area contributed by atoms with Crippen molar-refractivity contribution in [1.82, 2.24) is 15.0 Å². The molecule has 0 aliphatic rings. The standard InChI is InChI=1S/C45H27N3O/c1-2-12-28(13-3-1)32-16-8-9-20-38(32)44-46-43(31-23-24-36-35-19-10-11-21-40(35)49-41(36)27-31)47-45(48-44)42-34-18-7-5-15-30(34)26-39-33-17-6-4-14-29(33)22-25-37(39)42/h1-27H. The Balaban J connectivity index is 1.29. The van der Waals surface area contributed by atoms with Gasteiger partial charge in [0.05, 0.1) is 0 Å². The lowest BCUT2D eigenvalue weighted by Crippen LogP contribution is -2.02. The van der Waals surface area contributed by atoms with Gasteiger partial charge in [0.15, 0.2) is 17.5 Å². The molecule has 4 heteroatoms. The van der Waals surface area contributed by atoms with Gasteiger partial charge in [-0.1, -0.05) is 140 Å². The van der Waals surface area contributed by atoms with E-state index in [0.717, 1.165) is 65.9 Å². The van der Waals surface area contributed by atoms with Crippen molar-refractivity contribution in [3.8, 4) is 45.3 Å². The predicted octanol–water partition coefficient (Wildman–Crippen LogP) is 11.9. The van der Waals surface area contributed by atoms with Gasteiger partial charge in [-0.25, -0.2) is 15.0 Å². The third kappa shape index (κ3) is 4.49. The molecule has 228 valence electrons. The van der Waals surface area contributed by atoms with Gasteiger partial charge in [0.2, 0.25) is 0 Å². The van der Waals surface area contributed by atoms with E-state index in [1.165, 1.54) is 16.2 Å².